The predicted octanol–water partition coefficient (Wildman–Crippen LogP) is 5.33. The summed E-state index contributed by atoms with van der Waals surface area (Å²) in [5.41, 5.74) is 2.39. The van der Waals surface area contributed by atoms with Crippen molar-refractivity contribution in [1.29, 1.82) is 0 Å². The van der Waals surface area contributed by atoms with Gasteiger partial charge in [0.1, 0.15) is 5.76 Å². The van der Waals surface area contributed by atoms with Crippen molar-refractivity contribution in [2.75, 3.05) is 18.0 Å². The monoisotopic (exact) mass is 497 g/mol. The number of carbonyl (C=O) groups excluding carboxylic acids is 1. The third-order valence-corrected chi connectivity index (χ3v) is 8.79. The van der Waals surface area contributed by atoms with Gasteiger partial charge in [0.2, 0.25) is 10.0 Å². The zero-order valence-corrected chi connectivity index (χ0v) is 21.0. The maximum absolute atomic E-state index is 13.6. The molecule has 178 valence electrons. The highest BCUT2D eigenvalue weighted by molar-refractivity contribution is 7.89. The Morgan fingerprint density at radius 1 is 1.00 bits per heavy atom. The molecule has 0 fully saturated rings. The fourth-order valence-corrected chi connectivity index (χ4v) is 6.29. The van der Waals surface area contributed by atoms with Crippen molar-refractivity contribution in [1.82, 2.24) is 9.29 Å². The van der Waals surface area contributed by atoms with Crippen LogP contribution in [0.3, 0.4) is 0 Å². The Balaban J connectivity index is 1.71. The first-order valence-electron chi connectivity index (χ1n) is 11.2. The molecule has 0 aliphatic carbocycles. The van der Waals surface area contributed by atoms with Crippen LogP contribution in [0.15, 0.2) is 70.2 Å². The third-order valence-electron chi connectivity index (χ3n) is 5.69. The molecule has 0 N–H and O–H groups in total. The number of anilines is 1. The van der Waals surface area contributed by atoms with Crippen molar-refractivity contribution in [3.8, 4) is 0 Å². The van der Waals surface area contributed by atoms with Gasteiger partial charge in [-0.05, 0) is 54.4 Å². The normalized spacial score (nSPS) is 11.9. The smallest absolute Gasteiger partial charge is 0.260 e. The molecule has 0 saturated carbocycles. The Kier molecular flexibility index (Phi) is 7.16. The van der Waals surface area contributed by atoms with Crippen LogP contribution in [0.2, 0.25) is 0 Å². The Morgan fingerprint density at radius 2 is 1.74 bits per heavy atom. The first kappa shape index (κ1) is 24.1. The maximum Gasteiger partial charge on any atom is 0.260 e. The minimum absolute atomic E-state index is 0.165. The molecule has 0 bridgehead atoms. The summed E-state index contributed by atoms with van der Waals surface area (Å²) in [4.78, 5) is 20.1. The topological polar surface area (TPSA) is 83.7 Å². The summed E-state index contributed by atoms with van der Waals surface area (Å²) in [6.45, 7) is 6.66. The van der Waals surface area contributed by atoms with Gasteiger partial charge in [-0.25, -0.2) is 13.4 Å². The number of hydrogen-bond donors (Lipinski definition) is 0. The quantitative estimate of drug-likeness (QED) is 0.312. The van der Waals surface area contributed by atoms with E-state index in [4.69, 9.17) is 9.40 Å². The molecular weight excluding hydrogens is 470 g/mol. The third kappa shape index (κ3) is 4.64. The number of aromatic nitrogens is 1. The van der Waals surface area contributed by atoms with E-state index in [1.807, 2.05) is 24.3 Å². The highest BCUT2D eigenvalue weighted by Crippen LogP contribution is 2.33. The van der Waals surface area contributed by atoms with Crippen molar-refractivity contribution in [3.63, 3.8) is 0 Å². The molecule has 0 unspecified atom stereocenters. The number of thiazole rings is 1. The van der Waals surface area contributed by atoms with Gasteiger partial charge < -0.3 is 4.42 Å². The Labute approximate surface area is 203 Å². The summed E-state index contributed by atoms with van der Waals surface area (Å²) in [5.74, 6) is 0.351. The van der Waals surface area contributed by atoms with E-state index in [2.05, 4.69) is 6.92 Å². The van der Waals surface area contributed by atoms with E-state index in [0.29, 0.717) is 29.5 Å². The van der Waals surface area contributed by atoms with Crippen LogP contribution in [0.5, 0.6) is 0 Å². The van der Waals surface area contributed by atoms with Gasteiger partial charge in [-0.3, -0.25) is 9.69 Å². The lowest BCUT2D eigenvalue weighted by Gasteiger charge is -2.20. The van der Waals surface area contributed by atoms with Crippen LogP contribution in [-0.4, -0.2) is 36.7 Å². The van der Waals surface area contributed by atoms with Crippen molar-refractivity contribution in [3.05, 3.63) is 77.7 Å². The lowest BCUT2D eigenvalue weighted by molar-refractivity contribution is 0.0983. The summed E-state index contributed by atoms with van der Waals surface area (Å²) in [6, 6.07) is 15.7. The molecule has 0 spiro atoms. The lowest BCUT2D eigenvalue weighted by Crippen LogP contribution is -2.31. The molecule has 0 radical (unpaired) electrons. The summed E-state index contributed by atoms with van der Waals surface area (Å²) >= 11 is 1.45. The van der Waals surface area contributed by atoms with E-state index in [9.17, 15) is 13.2 Å². The molecule has 2 heterocycles. The van der Waals surface area contributed by atoms with Crippen molar-refractivity contribution in [2.24, 2.45) is 0 Å². The summed E-state index contributed by atoms with van der Waals surface area (Å²) in [5, 5.41) is 0.567. The predicted molar refractivity (Wildman–Crippen MR) is 135 cm³/mol. The number of benzene rings is 2. The zero-order valence-electron chi connectivity index (χ0n) is 19.4. The molecule has 9 heteroatoms. The number of fused-ring (bicyclic) bond motifs is 1. The number of amides is 1. The van der Waals surface area contributed by atoms with Crippen molar-refractivity contribution < 1.29 is 17.6 Å². The van der Waals surface area contributed by atoms with E-state index in [0.717, 1.165) is 22.2 Å². The maximum atomic E-state index is 13.6. The Morgan fingerprint density at radius 3 is 2.35 bits per heavy atom. The Hall–Kier alpha value is -3.01. The van der Waals surface area contributed by atoms with Gasteiger partial charge in [-0.1, -0.05) is 44.2 Å². The largest absolute Gasteiger partial charge is 0.467 e. The summed E-state index contributed by atoms with van der Waals surface area (Å²) in [6.07, 6.45) is 2.41. The van der Waals surface area contributed by atoms with Gasteiger partial charge >= 0.3 is 0 Å². The van der Waals surface area contributed by atoms with E-state index in [1.54, 1.807) is 43.2 Å². The van der Waals surface area contributed by atoms with Crippen LogP contribution < -0.4 is 4.90 Å². The molecule has 1 amide bonds. The first-order valence-corrected chi connectivity index (χ1v) is 13.5. The van der Waals surface area contributed by atoms with E-state index in [1.165, 1.54) is 27.8 Å². The molecule has 2 aromatic heterocycles. The van der Waals surface area contributed by atoms with Crippen LogP contribution in [0, 0.1) is 0 Å². The SMILES string of the molecule is CCc1cccc2sc(N(Cc3ccco3)C(=O)c3ccc(S(=O)(=O)N(CC)CC)cc3)nc12. The molecule has 34 heavy (non-hydrogen) atoms. The molecule has 2 aromatic carbocycles. The average Bonchev–Trinajstić information content (AvgIpc) is 3.52. The number of nitrogens with zero attached hydrogens (tertiary/aromatic N) is 3. The minimum Gasteiger partial charge on any atom is -0.467 e. The molecule has 0 aliphatic heterocycles. The summed E-state index contributed by atoms with van der Waals surface area (Å²) < 4.78 is 33.5. The molecule has 0 aliphatic rings. The highest BCUT2D eigenvalue weighted by Gasteiger charge is 2.25. The van der Waals surface area contributed by atoms with Gasteiger partial charge in [-0.15, -0.1) is 0 Å². The Bertz CT molecular complexity index is 1370. The number of rotatable bonds is 9. The fraction of sp³-hybridized carbons (Fsp3) is 0.280. The van der Waals surface area contributed by atoms with Crippen molar-refractivity contribution >= 4 is 42.6 Å². The fourth-order valence-electron chi connectivity index (χ4n) is 3.82. The number of sulfonamides is 1. The number of para-hydroxylation sites is 1. The molecular formula is C25H27N3O4S2. The van der Waals surface area contributed by atoms with E-state index < -0.39 is 10.0 Å². The van der Waals surface area contributed by atoms with Crippen LogP contribution >= 0.6 is 11.3 Å². The van der Waals surface area contributed by atoms with E-state index in [-0.39, 0.29) is 17.3 Å². The lowest BCUT2D eigenvalue weighted by atomic mass is 10.1. The number of hydrogen-bond acceptors (Lipinski definition) is 6. The van der Waals surface area contributed by atoms with Gasteiger partial charge in [0.05, 0.1) is 27.9 Å². The van der Waals surface area contributed by atoms with Gasteiger partial charge in [0.15, 0.2) is 5.13 Å². The number of aryl methyl sites for hydroxylation is 1. The first-order chi connectivity index (χ1) is 16.4. The highest BCUT2D eigenvalue weighted by atomic mass is 32.2. The zero-order chi connectivity index (χ0) is 24.3. The standard InChI is InChI=1S/C25H27N3O4S2/c1-4-18-9-7-11-22-23(18)26-25(33-22)28(17-20-10-8-16-32-20)24(29)19-12-14-21(15-13-19)34(30,31)27(5-2)6-3/h7-16H,4-6,17H2,1-3H3. The number of carbonyl (C=O) groups is 1. The number of furan rings is 1. The van der Waals surface area contributed by atoms with Gasteiger partial charge in [0.25, 0.3) is 5.91 Å². The van der Waals surface area contributed by atoms with Crippen LogP contribution in [0.25, 0.3) is 10.2 Å². The second-order valence-corrected chi connectivity index (χ2v) is 10.6. The molecule has 4 rings (SSSR count). The second-order valence-electron chi connectivity index (χ2n) is 7.70. The molecule has 0 atom stereocenters. The van der Waals surface area contributed by atoms with Crippen LogP contribution in [0.1, 0.15) is 42.5 Å². The molecule has 7 nitrogen and oxygen atoms in total. The average molecular weight is 498 g/mol. The van der Waals surface area contributed by atoms with Gasteiger partial charge in [-0.2, -0.15) is 4.31 Å². The van der Waals surface area contributed by atoms with Gasteiger partial charge in [0, 0.05) is 18.7 Å². The summed E-state index contributed by atoms with van der Waals surface area (Å²) in [7, 11) is -3.60. The van der Waals surface area contributed by atoms with Crippen LogP contribution in [0.4, 0.5) is 5.13 Å². The van der Waals surface area contributed by atoms with E-state index >= 15 is 0 Å². The van der Waals surface area contributed by atoms with Crippen LogP contribution in [-0.2, 0) is 23.0 Å². The molecule has 4 aromatic rings. The minimum atomic E-state index is -3.60. The molecule has 0 saturated heterocycles. The van der Waals surface area contributed by atoms with Crippen molar-refractivity contribution in [2.45, 2.75) is 38.6 Å². The second kappa shape index (κ2) is 10.1.